The van der Waals surface area contributed by atoms with Gasteiger partial charge >= 0.3 is 6.36 Å². The average molecular weight is 458 g/mol. The van der Waals surface area contributed by atoms with E-state index in [2.05, 4.69) is 11.7 Å². The highest BCUT2D eigenvalue weighted by Gasteiger charge is 2.38. The molecule has 3 rings (SSSR count). The smallest absolute Gasteiger partial charge is 0.494 e. The zero-order valence-corrected chi connectivity index (χ0v) is 17.8. The number of hydrogen-bond donors (Lipinski definition) is 0. The van der Waals surface area contributed by atoms with Crippen LogP contribution in [-0.2, 0) is 16.1 Å². The Bertz CT molecular complexity index is 850. The van der Waals surface area contributed by atoms with Crippen molar-refractivity contribution in [2.75, 3.05) is 26.4 Å². The van der Waals surface area contributed by atoms with Crippen molar-refractivity contribution in [3.63, 3.8) is 0 Å². The van der Waals surface area contributed by atoms with Crippen molar-refractivity contribution < 1.29 is 41.2 Å². The Morgan fingerprint density at radius 3 is 2.22 bits per heavy atom. The minimum atomic E-state index is -4.94. The van der Waals surface area contributed by atoms with Gasteiger partial charge in [0, 0.05) is 19.6 Å². The van der Waals surface area contributed by atoms with Gasteiger partial charge in [0.2, 0.25) is 0 Å². The lowest BCUT2D eigenvalue weighted by Crippen LogP contribution is -2.18. The first-order valence-electron chi connectivity index (χ1n) is 10.3. The Hall–Kier alpha value is -2.52. The van der Waals surface area contributed by atoms with Gasteiger partial charge in [0.1, 0.15) is 18.1 Å². The van der Waals surface area contributed by atoms with E-state index in [1.54, 1.807) is 24.3 Å². The zero-order chi connectivity index (χ0) is 23.0. The molecule has 1 aliphatic heterocycles. The fraction of sp³-hybridized carbons (Fsp3) is 0.478. The largest absolute Gasteiger partial charge is 0.573 e. The molecule has 0 aliphatic carbocycles. The van der Waals surface area contributed by atoms with E-state index in [4.69, 9.17) is 18.9 Å². The first-order chi connectivity index (χ1) is 15.2. The summed E-state index contributed by atoms with van der Waals surface area (Å²) in [7, 11) is 0. The summed E-state index contributed by atoms with van der Waals surface area (Å²) in [6, 6.07) is 10.1. The first kappa shape index (κ1) is 24.1. The number of rotatable bonds is 13. The molecule has 1 heterocycles. The minimum absolute atomic E-state index is 0.00526. The molecule has 2 aromatic rings. The van der Waals surface area contributed by atoms with Crippen molar-refractivity contribution >= 4 is 0 Å². The standard InChI is InChI=1S/C23H26F4O5/c1-22(16-31-22)10-13-28-11-2-3-12-29-18-5-7-19(8-6-18)30-15-17-4-9-21(20(24)14-17)32-23(25,26)27/h4-9,14H,2-3,10-13,15-16H2,1H3. The number of unbranched alkanes of at least 4 members (excludes halogenated alkanes) is 1. The van der Waals surface area contributed by atoms with Gasteiger partial charge in [-0.1, -0.05) is 6.07 Å². The van der Waals surface area contributed by atoms with E-state index in [1.165, 1.54) is 6.07 Å². The molecular weight excluding hydrogens is 432 g/mol. The number of halogens is 4. The highest BCUT2D eigenvalue weighted by Crippen LogP contribution is 2.29. The fourth-order valence-electron chi connectivity index (χ4n) is 2.79. The summed E-state index contributed by atoms with van der Waals surface area (Å²) in [5.74, 6) is -0.771. The lowest BCUT2D eigenvalue weighted by molar-refractivity contribution is -0.275. The van der Waals surface area contributed by atoms with E-state index < -0.39 is 17.9 Å². The molecule has 1 aliphatic rings. The summed E-state index contributed by atoms with van der Waals surface area (Å²) in [5, 5.41) is 0. The van der Waals surface area contributed by atoms with E-state index in [1.807, 2.05) is 0 Å². The number of ether oxygens (including phenoxy) is 5. The number of hydrogen-bond acceptors (Lipinski definition) is 5. The van der Waals surface area contributed by atoms with Crippen molar-refractivity contribution in [2.24, 2.45) is 0 Å². The van der Waals surface area contributed by atoms with Crippen molar-refractivity contribution in [3.05, 3.63) is 53.8 Å². The highest BCUT2D eigenvalue weighted by atomic mass is 19.4. The molecule has 1 saturated heterocycles. The van der Waals surface area contributed by atoms with Gasteiger partial charge in [0.25, 0.3) is 0 Å². The Morgan fingerprint density at radius 2 is 1.59 bits per heavy atom. The van der Waals surface area contributed by atoms with Crippen molar-refractivity contribution in [1.82, 2.24) is 0 Å². The normalized spacial score (nSPS) is 17.8. The molecule has 0 bridgehead atoms. The molecule has 0 amide bonds. The van der Waals surface area contributed by atoms with Crippen LogP contribution in [0.2, 0.25) is 0 Å². The predicted octanol–water partition coefficient (Wildman–Crippen LogP) is 5.66. The minimum Gasteiger partial charge on any atom is -0.494 e. The van der Waals surface area contributed by atoms with Crippen molar-refractivity contribution in [1.29, 1.82) is 0 Å². The summed E-state index contributed by atoms with van der Waals surface area (Å²) < 4.78 is 76.0. The maximum absolute atomic E-state index is 13.7. The van der Waals surface area contributed by atoms with Crippen LogP contribution in [0.25, 0.3) is 0 Å². The molecular formula is C23H26F4O5. The Labute approximate surface area is 184 Å². The van der Waals surface area contributed by atoms with Gasteiger partial charge in [-0.2, -0.15) is 0 Å². The highest BCUT2D eigenvalue weighted by molar-refractivity contribution is 5.32. The zero-order valence-electron chi connectivity index (χ0n) is 17.8. The van der Waals surface area contributed by atoms with E-state index in [0.717, 1.165) is 38.0 Å². The third kappa shape index (κ3) is 8.55. The second-order valence-electron chi connectivity index (χ2n) is 7.73. The number of alkyl halides is 3. The molecule has 0 spiro atoms. The van der Waals surface area contributed by atoms with Crippen LogP contribution in [0, 0.1) is 5.82 Å². The van der Waals surface area contributed by atoms with Crippen LogP contribution in [0.3, 0.4) is 0 Å². The van der Waals surface area contributed by atoms with Crippen LogP contribution in [0.4, 0.5) is 17.6 Å². The van der Waals surface area contributed by atoms with Crippen LogP contribution in [0.1, 0.15) is 31.7 Å². The molecule has 0 aromatic heterocycles. The van der Waals surface area contributed by atoms with E-state index in [9.17, 15) is 17.6 Å². The summed E-state index contributed by atoms with van der Waals surface area (Å²) >= 11 is 0. The SMILES string of the molecule is CC1(CCOCCCCOc2ccc(OCc3ccc(OC(F)(F)F)c(F)c3)cc2)CO1. The number of epoxide rings is 1. The molecule has 9 heteroatoms. The third-order valence-corrected chi connectivity index (χ3v) is 4.82. The predicted molar refractivity (Wildman–Crippen MR) is 108 cm³/mol. The van der Waals surface area contributed by atoms with Gasteiger partial charge in [-0.05, 0) is 61.7 Å². The maximum Gasteiger partial charge on any atom is 0.573 e. The second-order valence-corrected chi connectivity index (χ2v) is 7.73. The fourth-order valence-corrected chi connectivity index (χ4v) is 2.79. The Kier molecular flexibility index (Phi) is 8.20. The molecule has 1 fully saturated rings. The van der Waals surface area contributed by atoms with Crippen LogP contribution in [0.5, 0.6) is 17.2 Å². The molecule has 176 valence electrons. The van der Waals surface area contributed by atoms with E-state index >= 15 is 0 Å². The summed E-state index contributed by atoms with van der Waals surface area (Å²) in [5.41, 5.74) is 0.407. The average Bonchev–Trinajstić information content (AvgIpc) is 3.47. The summed E-state index contributed by atoms with van der Waals surface area (Å²) in [4.78, 5) is 0. The van der Waals surface area contributed by atoms with Crippen LogP contribution >= 0.6 is 0 Å². The van der Waals surface area contributed by atoms with Gasteiger partial charge < -0.3 is 23.7 Å². The van der Waals surface area contributed by atoms with Gasteiger partial charge in [-0.15, -0.1) is 13.2 Å². The molecule has 2 aromatic carbocycles. The van der Waals surface area contributed by atoms with Crippen LogP contribution in [-0.4, -0.2) is 38.4 Å². The Balaban J connectivity index is 1.31. The monoisotopic (exact) mass is 458 g/mol. The molecule has 0 radical (unpaired) electrons. The van der Waals surface area contributed by atoms with Gasteiger partial charge in [0.05, 0.1) is 18.8 Å². The van der Waals surface area contributed by atoms with Crippen molar-refractivity contribution in [3.8, 4) is 17.2 Å². The molecule has 1 atom stereocenters. The maximum atomic E-state index is 13.7. The van der Waals surface area contributed by atoms with Gasteiger partial charge in [-0.25, -0.2) is 4.39 Å². The molecule has 5 nitrogen and oxygen atoms in total. The van der Waals surface area contributed by atoms with Crippen LogP contribution < -0.4 is 14.2 Å². The topological polar surface area (TPSA) is 49.5 Å². The summed E-state index contributed by atoms with van der Waals surface area (Å²) in [6.07, 6.45) is -2.25. The quantitative estimate of drug-likeness (QED) is 0.220. The number of benzene rings is 2. The molecule has 0 saturated carbocycles. The molecule has 32 heavy (non-hydrogen) atoms. The first-order valence-corrected chi connectivity index (χ1v) is 10.3. The Morgan fingerprint density at radius 1 is 0.938 bits per heavy atom. The molecule has 1 unspecified atom stereocenters. The van der Waals surface area contributed by atoms with Gasteiger partial charge in [0.15, 0.2) is 11.6 Å². The third-order valence-electron chi connectivity index (χ3n) is 4.82. The van der Waals surface area contributed by atoms with Crippen molar-refractivity contribution in [2.45, 2.75) is 44.8 Å². The second kappa shape index (κ2) is 10.9. The lowest BCUT2D eigenvalue weighted by atomic mass is 10.1. The summed E-state index contributed by atoms with van der Waals surface area (Å²) in [6.45, 7) is 4.85. The lowest BCUT2D eigenvalue weighted by Gasteiger charge is -2.11. The molecule has 0 N–H and O–H groups in total. The van der Waals surface area contributed by atoms with Crippen LogP contribution in [0.15, 0.2) is 42.5 Å². The van der Waals surface area contributed by atoms with E-state index in [-0.39, 0.29) is 12.2 Å². The van der Waals surface area contributed by atoms with Gasteiger partial charge in [-0.3, -0.25) is 0 Å². The van der Waals surface area contributed by atoms with E-state index in [0.29, 0.717) is 36.9 Å².